The number of aryl methyl sites for hydroxylation is 2. The lowest BCUT2D eigenvalue weighted by Gasteiger charge is -2.06. The first kappa shape index (κ1) is 12.6. The van der Waals surface area contributed by atoms with Gasteiger partial charge < -0.3 is 5.73 Å². The van der Waals surface area contributed by atoms with E-state index in [1.165, 1.54) is 18.5 Å². The van der Waals surface area contributed by atoms with Gasteiger partial charge in [0.05, 0.1) is 22.5 Å². The van der Waals surface area contributed by atoms with Gasteiger partial charge in [0, 0.05) is 31.6 Å². The minimum absolute atomic E-state index is 0.000741. The number of hydrogen-bond donors (Lipinski definition) is 1. The maximum absolute atomic E-state index is 12.1. The molecule has 2 aromatic heterocycles. The van der Waals surface area contributed by atoms with Gasteiger partial charge in [-0.05, 0) is 12.1 Å². The Balaban J connectivity index is 2.19. The van der Waals surface area contributed by atoms with Crippen LogP contribution in [0.25, 0.3) is 0 Å². The van der Waals surface area contributed by atoms with Crippen molar-refractivity contribution < 1.29 is 8.42 Å². The summed E-state index contributed by atoms with van der Waals surface area (Å²) < 4.78 is 25.9. The highest BCUT2D eigenvalue weighted by Crippen LogP contribution is 2.18. The molecule has 0 fully saturated rings. The van der Waals surface area contributed by atoms with Crippen LogP contribution in [0.2, 0.25) is 0 Å². The van der Waals surface area contributed by atoms with E-state index in [4.69, 9.17) is 5.73 Å². The first-order valence-corrected chi connectivity index (χ1v) is 7.05. The topological polar surface area (TPSA) is 90.9 Å². The zero-order valence-corrected chi connectivity index (χ0v) is 10.8. The molecule has 2 rings (SSSR count). The highest BCUT2D eigenvalue weighted by atomic mass is 32.2. The van der Waals surface area contributed by atoms with Gasteiger partial charge in [0.1, 0.15) is 0 Å². The lowest BCUT2D eigenvalue weighted by molar-refractivity contribution is 0.594. The van der Waals surface area contributed by atoms with Gasteiger partial charge in [0.2, 0.25) is 0 Å². The van der Waals surface area contributed by atoms with Crippen molar-refractivity contribution in [3.8, 4) is 0 Å². The number of anilines is 1. The lowest BCUT2D eigenvalue weighted by Crippen LogP contribution is -2.13. The molecule has 0 aliphatic rings. The van der Waals surface area contributed by atoms with Crippen molar-refractivity contribution in [1.29, 1.82) is 0 Å². The van der Waals surface area contributed by atoms with Crippen LogP contribution in [-0.4, -0.2) is 28.9 Å². The van der Waals surface area contributed by atoms with Gasteiger partial charge >= 0.3 is 0 Å². The van der Waals surface area contributed by atoms with Gasteiger partial charge in [-0.15, -0.1) is 0 Å². The quantitative estimate of drug-likeness (QED) is 0.865. The molecule has 18 heavy (non-hydrogen) atoms. The average molecular weight is 266 g/mol. The van der Waals surface area contributed by atoms with E-state index in [-0.39, 0.29) is 16.3 Å². The van der Waals surface area contributed by atoms with Crippen LogP contribution in [0.3, 0.4) is 0 Å². The van der Waals surface area contributed by atoms with Crippen LogP contribution in [-0.2, 0) is 23.3 Å². The number of hydrogen-bond acceptors (Lipinski definition) is 5. The Hall–Kier alpha value is -1.89. The maximum Gasteiger partial charge on any atom is 0.180 e. The number of nitrogen functional groups attached to an aromatic ring is 1. The first-order chi connectivity index (χ1) is 8.50. The van der Waals surface area contributed by atoms with E-state index >= 15 is 0 Å². The third-order valence-electron chi connectivity index (χ3n) is 2.69. The summed E-state index contributed by atoms with van der Waals surface area (Å²) in [5.41, 5.74) is 6.68. The Morgan fingerprint density at radius 1 is 1.33 bits per heavy atom. The summed E-state index contributed by atoms with van der Waals surface area (Å²) in [7, 11) is -1.61. The molecule has 0 unspecified atom stereocenters. The molecule has 2 N–H and O–H groups in total. The molecule has 0 radical (unpaired) electrons. The van der Waals surface area contributed by atoms with Gasteiger partial charge in [-0.25, -0.2) is 8.42 Å². The van der Waals surface area contributed by atoms with Gasteiger partial charge in [0.15, 0.2) is 9.84 Å². The molecule has 2 aromatic rings. The van der Waals surface area contributed by atoms with Crippen molar-refractivity contribution in [2.24, 2.45) is 7.05 Å². The molecule has 0 saturated carbocycles. The second-order valence-corrected chi connectivity index (χ2v) is 6.01. The zero-order chi connectivity index (χ0) is 13.2. The monoisotopic (exact) mass is 266 g/mol. The number of nitrogens with two attached hydrogens (primary N) is 1. The first-order valence-electron chi connectivity index (χ1n) is 5.40. The summed E-state index contributed by atoms with van der Waals surface area (Å²) in [5.74, 6) is 0.000741. The predicted octanol–water partition coefficient (Wildman–Crippen LogP) is 0.414. The standard InChI is InChI=1S/C11H14N4O2S/c1-15-9(2-6-14-15)4-7-18(16,17)11-3-5-13-8-10(11)12/h2-3,5-6,8H,4,7,12H2,1H3. The fourth-order valence-electron chi connectivity index (χ4n) is 1.67. The van der Waals surface area contributed by atoms with Crippen molar-refractivity contribution in [3.63, 3.8) is 0 Å². The van der Waals surface area contributed by atoms with Crippen LogP contribution in [0.5, 0.6) is 0 Å². The summed E-state index contributed by atoms with van der Waals surface area (Å²) in [6.45, 7) is 0. The van der Waals surface area contributed by atoms with Crippen LogP contribution < -0.4 is 5.73 Å². The van der Waals surface area contributed by atoms with Crippen LogP contribution in [0.1, 0.15) is 5.69 Å². The number of rotatable bonds is 4. The lowest BCUT2D eigenvalue weighted by atomic mass is 10.3. The minimum atomic E-state index is -3.39. The fourth-order valence-corrected chi connectivity index (χ4v) is 3.05. The summed E-state index contributed by atoms with van der Waals surface area (Å²) in [5, 5.41) is 3.99. The molecule has 0 spiro atoms. The molecule has 0 aliphatic heterocycles. The van der Waals surface area contributed by atoms with E-state index < -0.39 is 9.84 Å². The number of pyridine rings is 1. The third-order valence-corrected chi connectivity index (χ3v) is 4.48. The van der Waals surface area contributed by atoms with Gasteiger partial charge in [0.25, 0.3) is 0 Å². The van der Waals surface area contributed by atoms with Crippen molar-refractivity contribution in [3.05, 3.63) is 36.4 Å². The molecule has 0 amide bonds. The van der Waals surface area contributed by atoms with Gasteiger partial charge in [-0.1, -0.05) is 0 Å². The van der Waals surface area contributed by atoms with Gasteiger partial charge in [-0.2, -0.15) is 5.10 Å². The van der Waals surface area contributed by atoms with E-state index in [1.54, 1.807) is 24.0 Å². The van der Waals surface area contributed by atoms with E-state index in [9.17, 15) is 8.42 Å². The summed E-state index contributed by atoms with van der Waals surface area (Å²) in [6.07, 6.45) is 4.81. The highest BCUT2D eigenvalue weighted by Gasteiger charge is 2.18. The summed E-state index contributed by atoms with van der Waals surface area (Å²) in [6, 6.07) is 3.22. The Morgan fingerprint density at radius 2 is 2.11 bits per heavy atom. The largest absolute Gasteiger partial charge is 0.396 e. The number of aromatic nitrogens is 3. The third kappa shape index (κ3) is 2.51. The Kier molecular flexibility index (Phi) is 3.33. The van der Waals surface area contributed by atoms with Gasteiger partial charge in [-0.3, -0.25) is 9.67 Å². The van der Waals surface area contributed by atoms with Crippen LogP contribution in [0.15, 0.2) is 35.6 Å². The van der Waals surface area contributed by atoms with Crippen molar-refractivity contribution in [1.82, 2.24) is 14.8 Å². The fraction of sp³-hybridized carbons (Fsp3) is 0.273. The van der Waals surface area contributed by atoms with Crippen molar-refractivity contribution in [2.75, 3.05) is 11.5 Å². The Bertz CT molecular complexity index is 649. The van der Waals surface area contributed by atoms with Crippen LogP contribution in [0, 0.1) is 0 Å². The summed E-state index contributed by atoms with van der Waals surface area (Å²) in [4.78, 5) is 3.92. The smallest absolute Gasteiger partial charge is 0.180 e. The van der Waals surface area contributed by atoms with Crippen LogP contribution in [0.4, 0.5) is 5.69 Å². The molecule has 0 aromatic carbocycles. The maximum atomic E-state index is 12.1. The Labute approximate surface area is 105 Å². The number of sulfone groups is 1. The van der Waals surface area contributed by atoms with Crippen molar-refractivity contribution in [2.45, 2.75) is 11.3 Å². The van der Waals surface area contributed by atoms with E-state index in [0.717, 1.165) is 5.69 Å². The Morgan fingerprint density at radius 3 is 2.72 bits per heavy atom. The minimum Gasteiger partial charge on any atom is -0.396 e. The highest BCUT2D eigenvalue weighted by molar-refractivity contribution is 7.91. The second-order valence-electron chi connectivity index (χ2n) is 3.93. The summed E-state index contributed by atoms with van der Waals surface area (Å²) >= 11 is 0. The molecule has 0 aliphatic carbocycles. The van der Waals surface area contributed by atoms with Crippen molar-refractivity contribution >= 4 is 15.5 Å². The molecule has 2 heterocycles. The molecule has 0 atom stereocenters. The molecular formula is C11H14N4O2S. The second kappa shape index (κ2) is 4.77. The molecular weight excluding hydrogens is 252 g/mol. The zero-order valence-electron chi connectivity index (χ0n) is 9.94. The number of nitrogens with zero attached hydrogens (tertiary/aromatic N) is 3. The van der Waals surface area contributed by atoms with E-state index in [1.807, 2.05) is 0 Å². The average Bonchev–Trinajstić information content (AvgIpc) is 2.73. The predicted molar refractivity (Wildman–Crippen MR) is 67.6 cm³/mol. The van der Waals surface area contributed by atoms with E-state index in [2.05, 4.69) is 10.1 Å². The van der Waals surface area contributed by atoms with Crippen LogP contribution >= 0.6 is 0 Å². The normalized spacial score (nSPS) is 11.6. The SMILES string of the molecule is Cn1nccc1CCS(=O)(=O)c1ccncc1N. The molecule has 0 saturated heterocycles. The molecule has 7 heteroatoms. The molecule has 0 bridgehead atoms. The molecule has 6 nitrogen and oxygen atoms in total. The van der Waals surface area contributed by atoms with E-state index in [0.29, 0.717) is 6.42 Å². The molecule has 96 valence electrons.